The summed E-state index contributed by atoms with van der Waals surface area (Å²) in [5, 5.41) is 0. The van der Waals surface area contributed by atoms with Crippen molar-refractivity contribution in [1.82, 2.24) is 9.80 Å². The van der Waals surface area contributed by atoms with Crippen molar-refractivity contribution in [3.05, 3.63) is 35.9 Å². The van der Waals surface area contributed by atoms with Crippen LogP contribution in [0.25, 0.3) is 0 Å². The Hall–Kier alpha value is -1.55. The first-order chi connectivity index (χ1) is 10.4. The third kappa shape index (κ3) is 3.12. The summed E-state index contributed by atoms with van der Waals surface area (Å²) in [4.78, 5) is 16.8. The largest absolute Gasteiger partial charge is 0.444 e. The average Bonchev–Trinajstić information content (AvgIpc) is 2.83. The molecule has 3 rings (SSSR count). The van der Waals surface area contributed by atoms with Crippen LogP contribution in [0.15, 0.2) is 30.3 Å². The number of amides is 1. The van der Waals surface area contributed by atoms with Crippen molar-refractivity contribution in [3.63, 3.8) is 0 Å². The fraction of sp³-hybridized carbons (Fsp3) is 0.611. The van der Waals surface area contributed by atoms with Crippen LogP contribution in [0.4, 0.5) is 4.79 Å². The summed E-state index contributed by atoms with van der Waals surface area (Å²) < 4.78 is 5.55. The lowest BCUT2D eigenvalue weighted by atomic mass is 9.84. The van der Waals surface area contributed by atoms with Gasteiger partial charge in [-0.05, 0) is 39.2 Å². The van der Waals surface area contributed by atoms with Gasteiger partial charge in [0.25, 0.3) is 0 Å². The lowest BCUT2D eigenvalue weighted by Crippen LogP contribution is -2.64. The number of likely N-dealkylation sites (tertiary alicyclic amines) is 2. The molecule has 1 aromatic rings. The molecule has 1 amide bonds. The lowest BCUT2D eigenvalue weighted by Gasteiger charge is -2.50. The van der Waals surface area contributed by atoms with Crippen LogP contribution in [0.5, 0.6) is 0 Å². The van der Waals surface area contributed by atoms with Crippen LogP contribution in [-0.2, 0) is 11.3 Å². The predicted octanol–water partition coefficient (Wildman–Crippen LogP) is 3.27. The SMILES string of the molecule is CC(C)(C)OC(=O)N1CC[C@@]12CCN(Cc1ccccc1)C2. The highest BCUT2D eigenvalue weighted by Crippen LogP contribution is 2.40. The molecule has 0 unspecified atom stereocenters. The van der Waals surface area contributed by atoms with Crippen LogP contribution in [0.1, 0.15) is 39.2 Å². The van der Waals surface area contributed by atoms with E-state index in [2.05, 4.69) is 29.2 Å². The molecule has 2 heterocycles. The molecule has 4 heteroatoms. The van der Waals surface area contributed by atoms with Gasteiger partial charge in [0.1, 0.15) is 5.60 Å². The smallest absolute Gasteiger partial charge is 0.410 e. The van der Waals surface area contributed by atoms with E-state index in [1.807, 2.05) is 31.7 Å². The first-order valence-corrected chi connectivity index (χ1v) is 8.15. The van der Waals surface area contributed by atoms with Crippen molar-refractivity contribution in [3.8, 4) is 0 Å². The number of nitrogens with zero attached hydrogens (tertiary/aromatic N) is 2. The van der Waals surface area contributed by atoms with Crippen LogP contribution in [-0.4, -0.2) is 46.7 Å². The fourth-order valence-corrected chi connectivity index (χ4v) is 3.48. The molecule has 2 saturated heterocycles. The molecular weight excluding hydrogens is 276 g/mol. The Labute approximate surface area is 133 Å². The van der Waals surface area contributed by atoms with Gasteiger partial charge in [0.05, 0.1) is 5.54 Å². The van der Waals surface area contributed by atoms with Gasteiger partial charge in [-0.2, -0.15) is 0 Å². The number of carbonyl (C=O) groups is 1. The Kier molecular flexibility index (Phi) is 3.89. The highest BCUT2D eigenvalue weighted by atomic mass is 16.6. The van der Waals surface area contributed by atoms with Crippen LogP contribution in [0.2, 0.25) is 0 Å². The summed E-state index contributed by atoms with van der Waals surface area (Å²) >= 11 is 0. The zero-order chi connectivity index (χ0) is 15.8. The summed E-state index contributed by atoms with van der Waals surface area (Å²) in [5.74, 6) is 0. The molecule has 1 atom stereocenters. The van der Waals surface area contributed by atoms with Crippen LogP contribution < -0.4 is 0 Å². The molecule has 22 heavy (non-hydrogen) atoms. The Balaban J connectivity index is 1.60. The second-order valence-electron chi connectivity index (χ2n) is 7.55. The normalized spacial score (nSPS) is 25.3. The molecule has 0 bridgehead atoms. The van der Waals surface area contributed by atoms with E-state index < -0.39 is 5.60 Å². The predicted molar refractivity (Wildman–Crippen MR) is 86.6 cm³/mol. The Morgan fingerprint density at radius 3 is 2.45 bits per heavy atom. The molecule has 0 aliphatic carbocycles. The van der Waals surface area contributed by atoms with Gasteiger partial charge in [0.15, 0.2) is 0 Å². The Morgan fingerprint density at radius 1 is 1.18 bits per heavy atom. The molecule has 1 spiro atoms. The van der Waals surface area contributed by atoms with Gasteiger partial charge in [-0.15, -0.1) is 0 Å². The maximum atomic E-state index is 12.4. The maximum absolute atomic E-state index is 12.4. The van der Waals surface area contributed by atoms with Gasteiger partial charge < -0.3 is 9.64 Å². The molecular formula is C18H26N2O2. The van der Waals surface area contributed by atoms with E-state index in [0.717, 1.165) is 39.0 Å². The molecule has 0 aromatic heterocycles. The quantitative estimate of drug-likeness (QED) is 0.840. The molecule has 4 nitrogen and oxygen atoms in total. The number of carbonyl (C=O) groups excluding carboxylic acids is 1. The average molecular weight is 302 g/mol. The topological polar surface area (TPSA) is 32.8 Å². The third-order valence-electron chi connectivity index (χ3n) is 4.65. The van der Waals surface area contributed by atoms with Gasteiger partial charge in [0.2, 0.25) is 0 Å². The lowest BCUT2D eigenvalue weighted by molar-refractivity contribution is -0.0406. The Morgan fingerprint density at radius 2 is 1.86 bits per heavy atom. The first-order valence-electron chi connectivity index (χ1n) is 8.15. The minimum absolute atomic E-state index is 0.0110. The minimum atomic E-state index is -0.420. The number of benzene rings is 1. The van der Waals surface area contributed by atoms with Gasteiger partial charge in [-0.3, -0.25) is 4.90 Å². The zero-order valence-corrected chi connectivity index (χ0v) is 13.8. The van der Waals surface area contributed by atoms with Crippen molar-refractivity contribution in [2.24, 2.45) is 0 Å². The zero-order valence-electron chi connectivity index (χ0n) is 13.8. The molecule has 2 aliphatic heterocycles. The summed E-state index contributed by atoms with van der Waals surface area (Å²) in [7, 11) is 0. The third-order valence-corrected chi connectivity index (χ3v) is 4.65. The molecule has 0 saturated carbocycles. The highest BCUT2D eigenvalue weighted by Gasteiger charge is 2.52. The van der Waals surface area contributed by atoms with Crippen molar-refractivity contribution < 1.29 is 9.53 Å². The van der Waals surface area contributed by atoms with Gasteiger partial charge in [0, 0.05) is 26.2 Å². The van der Waals surface area contributed by atoms with Gasteiger partial charge >= 0.3 is 6.09 Å². The number of hydrogen-bond acceptors (Lipinski definition) is 3. The molecule has 120 valence electrons. The van der Waals surface area contributed by atoms with E-state index in [1.54, 1.807) is 0 Å². The molecule has 2 fully saturated rings. The van der Waals surface area contributed by atoms with E-state index in [0.29, 0.717) is 0 Å². The molecule has 0 N–H and O–H groups in total. The molecule has 2 aliphatic rings. The van der Waals surface area contributed by atoms with Crippen molar-refractivity contribution >= 4 is 6.09 Å². The summed E-state index contributed by atoms with van der Waals surface area (Å²) in [5.41, 5.74) is 0.926. The van der Waals surface area contributed by atoms with Crippen molar-refractivity contribution in [1.29, 1.82) is 0 Å². The highest BCUT2D eigenvalue weighted by molar-refractivity contribution is 5.70. The fourth-order valence-electron chi connectivity index (χ4n) is 3.48. The standard InChI is InChI=1S/C18H26N2O2/c1-17(2,3)22-16(21)20-12-10-18(20)9-11-19(14-18)13-15-7-5-4-6-8-15/h4-8H,9-14H2,1-3H3/t18-/m1/s1. The Bertz CT molecular complexity index is 538. The van der Waals surface area contributed by atoms with Gasteiger partial charge in [-0.1, -0.05) is 30.3 Å². The number of ether oxygens (including phenoxy) is 1. The second-order valence-corrected chi connectivity index (χ2v) is 7.55. The minimum Gasteiger partial charge on any atom is -0.444 e. The van der Waals surface area contributed by atoms with Crippen LogP contribution in [0.3, 0.4) is 0 Å². The van der Waals surface area contributed by atoms with E-state index in [9.17, 15) is 4.79 Å². The number of hydrogen-bond donors (Lipinski definition) is 0. The van der Waals surface area contributed by atoms with E-state index >= 15 is 0 Å². The van der Waals surface area contributed by atoms with E-state index in [4.69, 9.17) is 4.74 Å². The monoisotopic (exact) mass is 302 g/mol. The molecule has 1 aromatic carbocycles. The summed E-state index contributed by atoms with van der Waals surface area (Å²) in [6.07, 6.45) is 2.00. The summed E-state index contributed by atoms with van der Waals surface area (Å²) in [6, 6.07) is 10.5. The van der Waals surface area contributed by atoms with E-state index in [-0.39, 0.29) is 11.6 Å². The van der Waals surface area contributed by atoms with Crippen molar-refractivity contribution in [2.45, 2.75) is 51.3 Å². The summed E-state index contributed by atoms with van der Waals surface area (Å²) in [6.45, 7) is 9.57. The van der Waals surface area contributed by atoms with E-state index in [1.165, 1.54) is 5.56 Å². The maximum Gasteiger partial charge on any atom is 0.410 e. The second kappa shape index (κ2) is 5.58. The van der Waals surface area contributed by atoms with Crippen molar-refractivity contribution in [2.75, 3.05) is 19.6 Å². The van der Waals surface area contributed by atoms with Crippen LogP contribution >= 0.6 is 0 Å². The van der Waals surface area contributed by atoms with Gasteiger partial charge in [-0.25, -0.2) is 4.79 Å². The van der Waals surface area contributed by atoms with Crippen LogP contribution in [0, 0.1) is 0 Å². The number of rotatable bonds is 2. The molecule has 0 radical (unpaired) electrons. The first kappa shape index (κ1) is 15.3.